The number of benzene rings is 2. The van der Waals surface area contributed by atoms with E-state index in [9.17, 15) is 9.59 Å². The minimum Gasteiger partial charge on any atom is -0.490 e. The maximum absolute atomic E-state index is 12.1. The van der Waals surface area contributed by atoms with Gasteiger partial charge in [-0.15, -0.1) is 0 Å². The number of ether oxygens (including phenoxy) is 2. The summed E-state index contributed by atoms with van der Waals surface area (Å²) >= 11 is 0. The second-order valence-electron chi connectivity index (χ2n) is 4.85. The fourth-order valence-corrected chi connectivity index (χ4v) is 1.91. The molecule has 0 saturated carbocycles. The Labute approximate surface area is 141 Å². The summed E-state index contributed by atoms with van der Waals surface area (Å²) in [4.78, 5) is 23.0. The number of carbonyl (C=O) groups is 2. The summed E-state index contributed by atoms with van der Waals surface area (Å²) in [5.41, 5.74) is 1.55. The van der Waals surface area contributed by atoms with Gasteiger partial charge in [-0.3, -0.25) is 4.79 Å². The quantitative estimate of drug-likeness (QED) is 0.322. The Balaban J connectivity index is 1.85. The zero-order valence-corrected chi connectivity index (χ0v) is 13.2. The van der Waals surface area contributed by atoms with Crippen LogP contribution in [0, 0.1) is 0 Å². The molecule has 0 bridgehead atoms. The van der Waals surface area contributed by atoms with Crippen molar-refractivity contribution in [3.05, 3.63) is 84.5 Å². The maximum Gasteiger partial charge on any atom is 0.330 e. The van der Waals surface area contributed by atoms with Crippen LogP contribution in [-0.2, 0) is 9.53 Å². The summed E-state index contributed by atoms with van der Waals surface area (Å²) in [6.45, 7) is 3.69. The molecule has 2 rings (SSSR count). The fourth-order valence-electron chi connectivity index (χ4n) is 1.91. The molecule has 0 fully saturated rings. The maximum atomic E-state index is 12.1. The highest BCUT2D eigenvalue weighted by Gasteiger charge is 2.03. The van der Waals surface area contributed by atoms with Gasteiger partial charge in [0.25, 0.3) is 0 Å². The van der Waals surface area contributed by atoms with E-state index in [-0.39, 0.29) is 19.0 Å². The Morgan fingerprint density at radius 1 is 0.958 bits per heavy atom. The van der Waals surface area contributed by atoms with Crippen LogP contribution in [0.3, 0.4) is 0 Å². The first kappa shape index (κ1) is 17.2. The molecular weight excluding hydrogens is 304 g/mol. The summed E-state index contributed by atoms with van der Waals surface area (Å²) in [6, 6.07) is 16.4. The minimum atomic E-state index is -0.482. The first-order valence-corrected chi connectivity index (χ1v) is 7.48. The highest BCUT2D eigenvalue weighted by molar-refractivity contribution is 6.06. The number of ketones is 1. The highest BCUT2D eigenvalue weighted by Crippen LogP contribution is 2.13. The van der Waals surface area contributed by atoms with Gasteiger partial charge >= 0.3 is 5.97 Å². The average Bonchev–Trinajstić information content (AvgIpc) is 2.64. The molecule has 0 aliphatic heterocycles. The molecule has 0 N–H and O–H groups in total. The van der Waals surface area contributed by atoms with Gasteiger partial charge in [0, 0.05) is 11.6 Å². The second kappa shape index (κ2) is 9.10. The highest BCUT2D eigenvalue weighted by atomic mass is 16.6. The molecule has 0 amide bonds. The van der Waals surface area contributed by atoms with E-state index in [0.29, 0.717) is 11.3 Å². The van der Waals surface area contributed by atoms with E-state index in [0.717, 1.165) is 11.6 Å². The Bertz CT molecular complexity index is 715. The number of hydrogen-bond acceptors (Lipinski definition) is 4. The zero-order valence-electron chi connectivity index (χ0n) is 13.2. The molecule has 0 aromatic heterocycles. The first-order valence-electron chi connectivity index (χ1n) is 7.48. The van der Waals surface area contributed by atoms with Crippen LogP contribution >= 0.6 is 0 Å². The third-order valence-electron chi connectivity index (χ3n) is 3.13. The van der Waals surface area contributed by atoms with Crippen LogP contribution in [0.2, 0.25) is 0 Å². The number of rotatable bonds is 8. The molecule has 0 radical (unpaired) electrons. The number of carbonyl (C=O) groups excluding carboxylic acids is 2. The largest absolute Gasteiger partial charge is 0.490 e. The van der Waals surface area contributed by atoms with E-state index in [1.54, 1.807) is 36.4 Å². The van der Waals surface area contributed by atoms with E-state index in [4.69, 9.17) is 9.47 Å². The van der Waals surface area contributed by atoms with Gasteiger partial charge in [-0.05, 0) is 35.9 Å². The van der Waals surface area contributed by atoms with E-state index < -0.39 is 5.97 Å². The predicted molar refractivity (Wildman–Crippen MR) is 92.9 cm³/mol. The van der Waals surface area contributed by atoms with Gasteiger partial charge in [0.05, 0.1) is 0 Å². The summed E-state index contributed by atoms with van der Waals surface area (Å²) in [7, 11) is 0. The Morgan fingerprint density at radius 2 is 1.67 bits per heavy atom. The number of allylic oxidation sites excluding steroid dienone is 1. The molecular formula is C20H18O4. The summed E-state index contributed by atoms with van der Waals surface area (Å²) < 4.78 is 10.2. The summed E-state index contributed by atoms with van der Waals surface area (Å²) in [5.74, 6) is 0.0447. The molecule has 4 heteroatoms. The lowest BCUT2D eigenvalue weighted by Gasteiger charge is -2.06. The van der Waals surface area contributed by atoms with Crippen molar-refractivity contribution < 1.29 is 19.1 Å². The molecule has 0 saturated heterocycles. The molecule has 24 heavy (non-hydrogen) atoms. The third-order valence-corrected chi connectivity index (χ3v) is 3.13. The molecule has 2 aromatic rings. The van der Waals surface area contributed by atoms with E-state index in [1.165, 1.54) is 0 Å². The Morgan fingerprint density at radius 3 is 2.33 bits per heavy atom. The van der Waals surface area contributed by atoms with Gasteiger partial charge in [-0.1, -0.05) is 43.0 Å². The van der Waals surface area contributed by atoms with E-state index in [1.807, 2.05) is 30.3 Å². The Hall–Kier alpha value is -3.14. The van der Waals surface area contributed by atoms with Gasteiger partial charge in [-0.25, -0.2) is 4.79 Å². The van der Waals surface area contributed by atoms with Crippen molar-refractivity contribution >= 4 is 17.8 Å². The predicted octanol–water partition coefficient (Wildman–Crippen LogP) is 3.69. The topological polar surface area (TPSA) is 52.6 Å². The van der Waals surface area contributed by atoms with Crippen LogP contribution in [0.4, 0.5) is 0 Å². The second-order valence-corrected chi connectivity index (χ2v) is 4.85. The molecule has 0 atom stereocenters. The standard InChI is InChI=1S/C20H18O4/c1-2-20(22)24-15-14-23-18-11-9-17(10-12-18)19(21)13-8-16-6-4-3-5-7-16/h2-13H,1,14-15H2. The van der Waals surface area contributed by atoms with Gasteiger partial charge in [-0.2, -0.15) is 0 Å². The minimum absolute atomic E-state index is 0.0784. The van der Waals surface area contributed by atoms with Gasteiger partial charge in [0.2, 0.25) is 0 Å². The van der Waals surface area contributed by atoms with Gasteiger partial charge in [0.1, 0.15) is 19.0 Å². The van der Waals surface area contributed by atoms with Crippen molar-refractivity contribution in [1.82, 2.24) is 0 Å². The molecule has 2 aromatic carbocycles. The number of esters is 1. The fraction of sp³-hybridized carbons (Fsp3) is 0.100. The average molecular weight is 322 g/mol. The van der Waals surface area contributed by atoms with Crippen LogP contribution < -0.4 is 4.74 Å². The van der Waals surface area contributed by atoms with Crippen molar-refractivity contribution in [1.29, 1.82) is 0 Å². The van der Waals surface area contributed by atoms with Crippen molar-refractivity contribution in [2.45, 2.75) is 0 Å². The van der Waals surface area contributed by atoms with Gasteiger partial charge in [0.15, 0.2) is 5.78 Å². The smallest absolute Gasteiger partial charge is 0.330 e. The van der Waals surface area contributed by atoms with Crippen LogP contribution in [-0.4, -0.2) is 25.0 Å². The summed E-state index contributed by atoms with van der Waals surface area (Å²) in [5, 5.41) is 0. The van der Waals surface area contributed by atoms with E-state index >= 15 is 0 Å². The molecule has 122 valence electrons. The Kier molecular flexibility index (Phi) is 6.53. The van der Waals surface area contributed by atoms with E-state index in [2.05, 4.69) is 6.58 Å². The first-order chi connectivity index (χ1) is 11.7. The van der Waals surface area contributed by atoms with Gasteiger partial charge < -0.3 is 9.47 Å². The third kappa shape index (κ3) is 5.57. The normalized spacial score (nSPS) is 10.3. The lowest BCUT2D eigenvalue weighted by Crippen LogP contribution is -2.10. The lowest BCUT2D eigenvalue weighted by molar-refractivity contribution is -0.138. The van der Waals surface area contributed by atoms with Crippen LogP contribution in [0.25, 0.3) is 6.08 Å². The summed E-state index contributed by atoms with van der Waals surface area (Å²) in [6.07, 6.45) is 4.42. The zero-order chi connectivity index (χ0) is 17.2. The molecule has 0 aliphatic rings. The molecule has 0 heterocycles. The lowest BCUT2D eigenvalue weighted by atomic mass is 10.1. The van der Waals surface area contributed by atoms with Crippen molar-refractivity contribution in [2.75, 3.05) is 13.2 Å². The van der Waals surface area contributed by atoms with Crippen LogP contribution in [0.1, 0.15) is 15.9 Å². The molecule has 0 unspecified atom stereocenters. The van der Waals surface area contributed by atoms with Crippen molar-refractivity contribution in [2.24, 2.45) is 0 Å². The molecule has 0 spiro atoms. The van der Waals surface area contributed by atoms with Crippen LogP contribution in [0.5, 0.6) is 5.75 Å². The molecule has 4 nitrogen and oxygen atoms in total. The van der Waals surface area contributed by atoms with Crippen molar-refractivity contribution in [3.63, 3.8) is 0 Å². The molecule has 0 aliphatic carbocycles. The SMILES string of the molecule is C=CC(=O)OCCOc1ccc(C(=O)C=Cc2ccccc2)cc1. The van der Waals surface area contributed by atoms with Crippen molar-refractivity contribution in [3.8, 4) is 5.75 Å². The number of hydrogen-bond donors (Lipinski definition) is 0. The van der Waals surface area contributed by atoms with Crippen LogP contribution in [0.15, 0.2) is 73.3 Å². The monoisotopic (exact) mass is 322 g/mol.